The molecule has 0 aromatic carbocycles. The SMILES string of the molecule is CN(CC1CCCNC1)C(=O)C(F)(F)C(F)F. The van der Waals surface area contributed by atoms with E-state index in [1.54, 1.807) is 0 Å². The Labute approximate surface area is 97.2 Å². The highest BCUT2D eigenvalue weighted by molar-refractivity contribution is 5.83. The zero-order valence-electron chi connectivity index (χ0n) is 9.56. The minimum absolute atomic E-state index is 0.0474. The number of amides is 1. The van der Waals surface area contributed by atoms with Crippen molar-refractivity contribution in [1.82, 2.24) is 10.2 Å². The van der Waals surface area contributed by atoms with E-state index in [1.807, 2.05) is 0 Å². The fourth-order valence-corrected chi connectivity index (χ4v) is 1.90. The number of halogens is 4. The molecule has 1 aliphatic heterocycles. The largest absolute Gasteiger partial charge is 0.383 e. The van der Waals surface area contributed by atoms with Crippen molar-refractivity contribution in [3.8, 4) is 0 Å². The second-order valence-electron chi connectivity index (χ2n) is 4.32. The first-order valence-electron chi connectivity index (χ1n) is 5.48. The summed E-state index contributed by atoms with van der Waals surface area (Å²) in [4.78, 5) is 11.9. The van der Waals surface area contributed by atoms with E-state index in [0.29, 0.717) is 11.4 Å². The molecule has 1 aliphatic rings. The van der Waals surface area contributed by atoms with Crippen LogP contribution in [0.15, 0.2) is 0 Å². The van der Waals surface area contributed by atoms with Crippen LogP contribution in [-0.4, -0.2) is 49.8 Å². The molecule has 0 aromatic rings. The van der Waals surface area contributed by atoms with Crippen LogP contribution >= 0.6 is 0 Å². The van der Waals surface area contributed by atoms with Crippen molar-refractivity contribution in [3.05, 3.63) is 0 Å². The van der Waals surface area contributed by atoms with Crippen molar-refractivity contribution in [2.75, 3.05) is 26.7 Å². The fraction of sp³-hybridized carbons (Fsp3) is 0.900. The summed E-state index contributed by atoms with van der Waals surface area (Å²) in [6, 6.07) is 0. The minimum Gasteiger partial charge on any atom is -0.340 e. The second-order valence-corrected chi connectivity index (χ2v) is 4.32. The van der Waals surface area contributed by atoms with Gasteiger partial charge in [0.15, 0.2) is 0 Å². The summed E-state index contributed by atoms with van der Waals surface area (Å²) in [7, 11) is 1.13. The van der Waals surface area contributed by atoms with Crippen LogP contribution in [0, 0.1) is 5.92 Å². The Balaban J connectivity index is 2.51. The molecule has 0 radical (unpaired) electrons. The third-order valence-corrected chi connectivity index (χ3v) is 2.84. The molecule has 1 rings (SSSR count). The van der Waals surface area contributed by atoms with Gasteiger partial charge in [0, 0.05) is 13.6 Å². The van der Waals surface area contributed by atoms with Gasteiger partial charge < -0.3 is 10.2 Å². The fourth-order valence-electron chi connectivity index (χ4n) is 1.90. The van der Waals surface area contributed by atoms with Gasteiger partial charge in [-0.2, -0.15) is 8.78 Å². The lowest BCUT2D eigenvalue weighted by Gasteiger charge is -2.29. The van der Waals surface area contributed by atoms with Crippen LogP contribution in [0.4, 0.5) is 17.6 Å². The molecule has 1 heterocycles. The van der Waals surface area contributed by atoms with Crippen LogP contribution in [0.1, 0.15) is 12.8 Å². The molecule has 1 N–H and O–H groups in total. The lowest BCUT2D eigenvalue weighted by Crippen LogP contribution is -2.48. The second kappa shape index (κ2) is 5.66. The van der Waals surface area contributed by atoms with E-state index in [2.05, 4.69) is 5.32 Å². The Morgan fingerprint density at radius 2 is 2.18 bits per heavy atom. The van der Waals surface area contributed by atoms with Gasteiger partial charge >= 0.3 is 12.3 Å². The molecule has 0 spiro atoms. The van der Waals surface area contributed by atoms with Crippen molar-refractivity contribution < 1.29 is 22.4 Å². The highest BCUT2D eigenvalue weighted by Crippen LogP contribution is 2.25. The van der Waals surface area contributed by atoms with Gasteiger partial charge in [-0.05, 0) is 31.8 Å². The molecule has 0 saturated carbocycles. The zero-order valence-corrected chi connectivity index (χ0v) is 9.56. The lowest BCUT2D eigenvalue weighted by molar-refractivity contribution is -0.179. The van der Waals surface area contributed by atoms with E-state index in [1.165, 1.54) is 0 Å². The van der Waals surface area contributed by atoms with Crippen molar-refractivity contribution >= 4 is 5.91 Å². The quantitative estimate of drug-likeness (QED) is 0.770. The molecule has 100 valence electrons. The standard InChI is InChI=1S/C10H16F4N2O/c1-16(6-7-3-2-4-15-5-7)9(17)10(13,14)8(11)12/h7-8,15H,2-6H2,1H3. The molecule has 0 aliphatic carbocycles. The van der Waals surface area contributed by atoms with Crippen LogP contribution in [0.3, 0.4) is 0 Å². The Kier molecular flexibility index (Phi) is 4.73. The normalized spacial score (nSPS) is 21.6. The third kappa shape index (κ3) is 3.55. The van der Waals surface area contributed by atoms with E-state index in [4.69, 9.17) is 0 Å². The maximum absolute atomic E-state index is 12.8. The highest BCUT2D eigenvalue weighted by atomic mass is 19.3. The number of carbonyl (C=O) groups excluding carboxylic acids is 1. The number of hydrogen-bond donors (Lipinski definition) is 1. The number of nitrogens with one attached hydrogen (secondary N) is 1. The molecule has 1 amide bonds. The van der Waals surface area contributed by atoms with E-state index < -0.39 is 18.3 Å². The predicted molar refractivity (Wildman–Crippen MR) is 54.2 cm³/mol. The maximum atomic E-state index is 12.8. The van der Waals surface area contributed by atoms with E-state index in [9.17, 15) is 22.4 Å². The first-order chi connectivity index (χ1) is 7.85. The van der Waals surface area contributed by atoms with Gasteiger partial charge in [0.1, 0.15) is 0 Å². The van der Waals surface area contributed by atoms with E-state index >= 15 is 0 Å². The molecule has 3 nitrogen and oxygen atoms in total. The summed E-state index contributed by atoms with van der Waals surface area (Å²) in [5, 5.41) is 3.07. The summed E-state index contributed by atoms with van der Waals surface area (Å²) in [6.07, 6.45) is -2.25. The van der Waals surface area contributed by atoms with Crippen molar-refractivity contribution in [1.29, 1.82) is 0 Å². The first kappa shape index (κ1) is 14.2. The number of nitrogens with zero attached hydrogens (tertiary/aromatic N) is 1. The Bertz CT molecular complexity index is 267. The Morgan fingerprint density at radius 3 is 2.65 bits per heavy atom. The Morgan fingerprint density at radius 1 is 1.53 bits per heavy atom. The van der Waals surface area contributed by atoms with Gasteiger partial charge in [-0.25, -0.2) is 8.78 Å². The zero-order chi connectivity index (χ0) is 13.1. The predicted octanol–water partition coefficient (Wildman–Crippen LogP) is 1.34. The van der Waals surface area contributed by atoms with Crippen LogP contribution < -0.4 is 5.32 Å². The van der Waals surface area contributed by atoms with Gasteiger partial charge in [-0.3, -0.25) is 4.79 Å². The number of rotatable bonds is 4. The molecule has 1 unspecified atom stereocenters. The minimum atomic E-state index is -4.59. The monoisotopic (exact) mass is 256 g/mol. The molecule has 1 atom stereocenters. The summed E-state index contributed by atoms with van der Waals surface area (Å²) in [5.41, 5.74) is 0. The number of carbonyl (C=O) groups is 1. The highest BCUT2D eigenvalue weighted by Gasteiger charge is 2.50. The summed E-state index contributed by atoms with van der Waals surface area (Å²) in [5.74, 6) is -6.35. The molecule has 0 aromatic heterocycles. The van der Waals surface area contributed by atoms with Gasteiger partial charge in [0.2, 0.25) is 0 Å². The third-order valence-electron chi connectivity index (χ3n) is 2.84. The summed E-state index contributed by atoms with van der Waals surface area (Å²) in [6.45, 7) is 1.56. The van der Waals surface area contributed by atoms with Gasteiger partial charge in [-0.15, -0.1) is 0 Å². The molecule has 1 saturated heterocycles. The molecule has 17 heavy (non-hydrogen) atoms. The lowest BCUT2D eigenvalue weighted by atomic mass is 9.99. The van der Waals surface area contributed by atoms with Gasteiger partial charge in [0.05, 0.1) is 0 Å². The molecule has 7 heteroatoms. The first-order valence-corrected chi connectivity index (χ1v) is 5.48. The van der Waals surface area contributed by atoms with E-state index in [0.717, 1.165) is 26.4 Å². The summed E-state index contributed by atoms with van der Waals surface area (Å²) < 4.78 is 49.6. The average Bonchev–Trinajstić information content (AvgIpc) is 2.29. The van der Waals surface area contributed by atoms with Crippen molar-refractivity contribution in [3.63, 3.8) is 0 Å². The topological polar surface area (TPSA) is 32.3 Å². The van der Waals surface area contributed by atoms with Crippen molar-refractivity contribution in [2.24, 2.45) is 5.92 Å². The number of hydrogen-bond acceptors (Lipinski definition) is 2. The maximum Gasteiger partial charge on any atom is 0.383 e. The van der Waals surface area contributed by atoms with Crippen LogP contribution in [0.25, 0.3) is 0 Å². The van der Waals surface area contributed by atoms with Crippen molar-refractivity contribution in [2.45, 2.75) is 25.2 Å². The molecule has 1 fully saturated rings. The smallest absolute Gasteiger partial charge is 0.340 e. The van der Waals surface area contributed by atoms with Crippen LogP contribution in [0.2, 0.25) is 0 Å². The van der Waals surface area contributed by atoms with Gasteiger partial charge in [-0.1, -0.05) is 0 Å². The van der Waals surface area contributed by atoms with Crippen LogP contribution in [-0.2, 0) is 4.79 Å². The number of piperidine rings is 1. The van der Waals surface area contributed by atoms with Crippen LogP contribution in [0.5, 0.6) is 0 Å². The summed E-state index contributed by atoms with van der Waals surface area (Å²) >= 11 is 0. The molecular formula is C10H16F4N2O. The Hall–Kier alpha value is -0.850. The van der Waals surface area contributed by atoms with E-state index in [-0.39, 0.29) is 12.5 Å². The molecular weight excluding hydrogens is 240 g/mol. The van der Waals surface area contributed by atoms with Gasteiger partial charge in [0.25, 0.3) is 5.91 Å². The molecule has 0 bridgehead atoms. The average molecular weight is 256 g/mol. The number of alkyl halides is 4.